The van der Waals surface area contributed by atoms with Crippen LogP contribution in [0.1, 0.15) is 30.9 Å². The molecule has 3 amide bonds. The van der Waals surface area contributed by atoms with Gasteiger partial charge in [-0.3, -0.25) is 19.3 Å². The molecule has 0 N–H and O–H groups in total. The van der Waals surface area contributed by atoms with E-state index in [1.54, 1.807) is 4.90 Å². The number of carbonyl (C=O) groups is 3. The molecule has 2 aromatic carbocycles. The summed E-state index contributed by atoms with van der Waals surface area (Å²) >= 11 is 3.55. The Morgan fingerprint density at radius 2 is 1.84 bits per heavy atom. The lowest BCUT2D eigenvalue weighted by atomic mass is 9.75. The van der Waals surface area contributed by atoms with Crippen molar-refractivity contribution >= 4 is 45.0 Å². The number of aryl methyl sites for hydroxylation is 1. The second kappa shape index (κ2) is 6.75. The van der Waals surface area contributed by atoms with Crippen LogP contribution in [0.4, 0.5) is 11.4 Å². The zero-order valence-corrected chi connectivity index (χ0v) is 19.6. The minimum absolute atomic E-state index is 0.0634. The van der Waals surface area contributed by atoms with Gasteiger partial charge in [0.25, 0.3) is 5.91 Å². The molecule has 6 nitrogen and oxygen atoms in total. The van der Waals surface area contributed by atoms with Crippen molar-refractivity contribution in [2.24, 2.45) is 11.8 Å². The number of nitrogens with zero attached hydrogens (tertiary/aromatic N) is 3. The van der Waals surface area contributed by atoms with Crippen molar-refractivity contribution in [1.29, 1.82) is 0 Å². The average Bonchev–Trinajstić information content (AvgIpc) is 3.47. The lowest BCUT2D eigenvalue weighted by molar-refractivity contribution is -0.137. The molecule has 0 saturated carbocycles. The zero-order chi connectivity index (χ0) is 22.4. The van der Waals surface area contributed by atoms with Gasteiger partial charge < -0.3 is 4.90 Å². The third-order valence-corrected chi connectivity index (χ3v) is 8.44. The molecule has 4 heterocycles. The molecular formula is C25H24BrN3O3. The quantitative estimate of drug-likeness (QED) is 0.599. The van der Waals surface area contributed by atoms with Gasteiger partial charge >= 0.3 is 0 Å². The molecular weight excluding hydrogens is 470 g/mol. The minimum Gasteiger partial charge on any atom is -0.310 e. The first-order valence-corrected chi connectivity index (χ1v) is 12.0. The smallest absolute Gasteiger partial charge is 0.253 e. The van der Waals surface area contributed by atoms with Crippen LogP contribution in [0, 0.1) is 18.8 Å². The summed E-state index contributed by atoms with van der Waals surface area (Å²) in [6.07, 6.45) is 1.75. The molecule has 3 saturated heterocycles. The monoisotopic (exact) mass is 493 g/mol. The molecule has 32 heavy (non-hydrogen) atoms. The van der Waals surface area contributed by atoms with E-state index in [0.29, 0.717) is 16.7 Å². The summed E-state index contributed by atoms with van der Waals surface area (Å²) in [5, 5.41) is 0. The van der Waals surface area contributed by atoms with Gasteiger partial charge in [-0.25, -0.2) is 4.90 Å². The minimum atomic E-state index is -1.10. The van der Waals surface area contributed by atoms with E-state index in [1.807, 2.05) is 56.3 Å². The Morgan fingerprint density at radius 3 is 2.59 bits per heavy atom. The van der Waals surface area contributed by atoms with Crippen molar-refractivity contribution < 1.29 is 14.4 Å². The normalized spacial score (nSPS) is 31.1. The first kappa shape index (κ1) is 20.1. The van der Waals surface area contributed by atoms with E-state index >= 15 is 0 Å². The lowest BCUT2D eigenvalue weighted by Gasteiger charge is -2.37. The molecule has 0 aliphatic carbocycles. The molecule has 164 valence electrons. The highest BCUT2D eigenvalue weighted by atomic mass is 79.9. The van der Waals surface area contributed by atoms with Crippen molar-refractivity contribution in [3.05, 3.63) is 58.1 Å². The molecule has 2 aromatic rings. The van der Waals surface area contributed by atoms with E-state index in [-0.39, 0.29) is 23.8 Å². The Kier molecular flexibility index (Phi) is 4.24. The number of para-hydroxylation sites is 1. The number of rotatable bonds is 2. The Balaban J connectivity index is 1.57. The summed E-state index contributed by atoms with van der Waals surface area (Å²) in [4.78, 5) is 47.3. The maximum absolute atomic E-state index is 14.1. The Labute approximate surface area is 195 Å². The van der Waals surface area contributed by atoms with Crippen molar-refractivity contribution in [3.8, 4) is 0 Å². The first-order valence-electron chi connectivity index (χ1n) is 11.2. The molecule has 3 fully saturated rings. The summed E-state index contributed by atoms with van der Waals surface area (Å²) in [6, 6.07) is 13.3. The van der Waals surface area contributed by atoms with Gasteiger partial charge in [0.1, 0.15) is 5.54 Å². The summed E-state index contributed by atoms with van der Waals surface area (Å²) in [5.74, 6) is -1.73. The van der Waals surface area contributed by atoms with Crippen LogP contribution in [0.15, 0.2) is 46.9 Å². The topological polar surface area (TPSA) is 60.9 Å². The van der Waals surface area contributed by atoms with Gasteiger partial charge in [-0.2, -0.15) is 0 Å². The Morgan fingerprint density at radius 1 is 1.06 bits per heavy atom. The van der Waals surface area contributed by atoms with Crippen molar-refractivity contribution in [1.82, 2.24) is 4.90 Å². The summed E-state index contributed by atoms with van der Waals surface area (Å²) in [6.45, 7) is 5.18. The SMILES string of the molecule is CCN1C(=O)[C@]2(c3ccccc31)[C@@H]1C(=O)N(c3ccc(C)cc3Br)C(=O)[C@@H]1[C@@H]1CCCN12. The second-order valence-corrected chi connectivity index (χ2v) is 10.1. The van der Waals surface area contributed by atoms with Gasteiger partial charge in [-0.1, -0.05) is 24.3 Å². The molecule has 0 radical (unpaired) electrons. The molecule has 1 spiro atoms. The van der Waals surface area contributed by atoms with Crippen molar-refractivity contribution in [2.75, 3.05) is 22.9 Å². The predicted molar refractivity (Wildman–Crippen MR) is 124 cm³/mol. The first-order chi connectivity index (χ1) is 15.4. The third-order valence-electron chi connectivity index (χ3n) is 7.80. The molecule has 4 aliphatic heterocycles. The molecule has 0 unspecified atom stereocenters. The van der Waals surface area contributed by atoms with Crippen molar-refractivity contribution in [2.45, 2.75) is 38.3 Å². The fraction of sp³-hybridized carbons (Fsp3) is 0.400. The number of anilines is 2. The van der Waals surface area contributed by atoms with Gasteiger partial charge in [0.15, 0.2) is 0 Å². The number of halogens is 1. The van der Waals surface area contributed by atoms with E-state index in [4.69, 9.17) is 0 Å². The van der Waals surface area contributed by atoms with Gasteiger partial charge in [-0.15, -0.1) is 0 Å². The molecule has 6 rings (SSSR count). The number of hydrogen-bond donors (Lipinski definition) is 0. The molecule has 4 atom stereocenters. The standard InChI is InChI=1S/C25H24BrN3O3/c1-3-27-17-8-5-4-7-15(17)25(24(27)32)21-20(19-9-6-12-28(19)25)22(30)29(23(21)31)18-11-10-14(2)13-16(18)26/h4-5,7-8,10-11,13,19-21H,3,6,9,12H2,1-2H3/t19-,20+,21-,25-/m0/s1. The van der Waals surface area contributed by atoms with Gasteiger partial charge in [0.05, 0.1) is 17.5 Å². The average molecular weight is 494 g/mol. The third kappa shape index (κ3) is 2.21. The summed E-state index contributed by atoms with van der Waals surface area (Å²) in [7, 11) is 0. The summed E-state index contributed by atoms with van der Waals surface area (Å²) in [5.41, 5.74) is 2.23. The van der Waals surface area contributed by atoms with E-state index < -0.39 is 17.4 Å². The Hall–Kier alpha value is -2.51. The Bertz CT molecular complexity index is 1200. The highest BCUT2D eigenvalue weighted by Crippen LogP contribution is 2.62. The summed E-state index contributed by atoms with van der Waals surface area (Å²) < 4.78 is 0.713. The van der Waals surface area contributed by atoms with Crippen LogP contribution in [0.3, 0.4) is 0 Å². The van der Waals surface area contributed by atoms with Crippen LogP contribution >= 0.6 is 15.9 Å². The van der Waals surface area contributed by atoms with Crippen LogP contribution in [0.25, 0.3) is 0 Å². The van der Waals surface area contributed by atoms with Crippen LogP contribution in [0.2, 0.25) is 0 Å². The molecule has 0 bridgehead atoms. The fourth-order valence-corrected chi connectivity index (χ4v) is 7.36. The molecule has 7 heteroatoms. The largest absolute Gasteiger partial charge is 0.310 e. The number of imide groups is 1. The van der Waals surface area contributed by atoms with E-state index in [0.717, 1.165) is 36.2 Å². The maximum Gasteiger partial charge on any atom is 0.253 e. The van der Waals surface area contributed by atoms with Crippen LogP contribution in [-0.2, 0) is 19.9 Å². The van der Waals surface area contributed by atoms with Crippen LogP contribution in [-0.4, -0.2) is 41.8 Å². The van der Waals surface area contributed by atoms with Gasteiger partial charge in [0.2, 0.25) is 11.8 Å². The lowest BCUT2D eigenvalue weighted by Crippen LogP contribution is -2.56. The predicted octanol–water partition coefficient (Wildman–Crippen LogP) is 3.60. The van der Waals surface area contributed by atoms with Crippen LogP contribution in [0.5, 0.6) is 0 Å². The van der Waals surface area contributed by atoms with Crippen molar-refractivity contribution in [3.63, 3.8) is 0 Å². The van der Waals surface area contributed by atoms with Gasteiger partial charge in [0, 0.05) is 28.3 Å². The number of amides is 3. The maximum atomic E-state index is 14.1. The van der Waals surface area contributed by atoms with Gasteiger partial charge in [-0.05, 0) is 72.9 Å². The number of benzene rings is 2. The van der Waals surface area contributed by atoms with E-state index in [2.05, 4.69) is 20.8 Å². The highest BCUT2D eigenvalue weighted by Gasteiger charge is 2.75. The molecule has 4 aliphatic rings. The second-order valence-electron chi connectivity index (χ2n) is 9.21. The fourth-order valence-electron chi connectivity index (χ4n) is 6.69. The van der Waals surface area contributed by atoms with Crippen LogP contribution < -0.4 is 9.80 Å². The zero-order valence-electron chi connectivity index (χ0n) is 18.0. The highest BCUT2D eigenvalue weighted by molar-refractivity contribution is 9.10. The number of hydrogen-bond acceptors (Lipinski definition) is 4. The van der Waals surface area contributed by atoms with E-state index in [9.17, 15) is 14.4 Å². The van der Waals surface area contributed by atoms with E-state index in [1.165, 1.54) is 4.90 Å². The number of likely N-dealkylation sites (N-methyl/N-ethyl adjacent to an activating group) is 1. The number of carbonyl (C=O) groups excluding carboxylic acids is 3. The number of fused-ring (bicyclic) bond motifs is 7. The molecule has 0 aromatic heterocycles.